The molecule has 2 heterocycles. The highest BCUT2D eigenvalue weighted by molar-refractivity contribution is 5.27. The molecule has 0 spiro atoms. The number of nitrogens with one attached hydrogen (secondary N) is 1. The van der Waals surface area contributed by atoms with Crippen LogP contribution < -0.4 is 5.32 Å². The molecule has 1 atom stereocenters. The molecule has 0 saturated carbocycles. The summed E-state index contributed by atoms with van der Waals surface area (Å²) < 4.78 is 7.86. The van der Waals surface area contributed by atoms with E-state index in [4.69, 9.17) is 4.74 Å². The zero-order valence-corrected chi connectivity index (χ0v) is 9.49. The Morgan fingerprint density at radius 1 is 1.60 bits per heavy atom. The highest BCUT2D eigenvalue weighted by Crippen LogP contribution is 2.17. The molecule has 0 amide bonds. The number of hydrogen-bond donors (Lipinski definition) is 1. The molecule has 1 aromatic rings. The summed E-state index contributed by atoms with van der Waals surface area (Å²) in [4.78, 5) is 4.39. The summed E-state index contributed by atoms with van der Waals surface area (Å²) in [7, 11) is 1.90. The van der Waals surface area contributed by atoms with Crippen LogP contribution in [0.4, 0.5) is 5.95 Å². The van der Waals surface area contributed by atoms with Gasteiger partial charge in [-0.1, -0.05) is 0 Å². The van der Waals surface area contributed by atoms with Gasteiger partial charge in [0.1, 0.15) is 0 Å². The van der Waals surface area contributed by atoms with Crippen molar-refractivity contribution in [2.75, 3.05) is 19.0 Å². The zero-order valence-electron chi connectivity index (χ0n) is 9.49. The maximum Gasteiger partial charge on any atom is 0.202 e. The van der Waals surface area contributed by atoms with Gasteiger partial charge >= 0.3 is 0 Å². The fourth-order valence-electron chi connectivity index (χ4n) is 2.06. The molecule has 0 bridgehead atoms. The van der Waals surface area contributed by atoms with Crippen LogP contribution in [0.15, 0.2) is 6.20 Å². The predicted octanol–water partition coefficient (Wildman–Crippen LogP) is 1.80. The molecule has 0 radical (unpaired) electrons. The van der Waals surface area contributed by atoms with E-state index in [1.165, 1.54) is 19.3 Å². The van der Waals surface area contributed by atoms with E-state index in [0.717, 1.165) is 24.8 Å². The highest BCUT2D eigenvalue weighted by atomic mass is 16.5. The fourth-order valence-corrected chi connectivity index (χ4v) is 2.06. The Morgan fingerprint density at radius 3 is 3.13 bits per heavy atom. The number of anilines is 1. The summed E-state index contributed by atoms with van der Waals surface area (Å²) in [5, 5.41) is 3.10. The van der Waals surface area contributed by atoms with Gasteiger partial charge in [0.2, 0.25) is 5.95 Å². The molecule has 0 aromatic carbocycles. The van der Waals surface area contributed by atoms with Crippen molar-refractivity contribution in [3.8, 4) is 0 Å². The SMILES string of the molecule is CNc1nc(C)cn1CC1CCCCO1. The van der Waals surface area contributed by atoms with Gasteiger partial charge in [-0.3, -0.25) is 0 Å². The smallest absolute Gasteiger partial charge is 0.202 e. The number of hydrogen-bond acceptors (Lipinski definition) is 3. The number of aromatic nitrogens is 2. The average Bonchev–Trinajstić information content (AvgIpc) is 2.60. The molecule has 1 N–H and O–H groups in total. The van der Waals surface area contributed by atoms with Crippen molar-refractivity contribution in [2.45, 2.75) is 38.8 Å². The number of aryl methyl sites for hydroxylation is 1. The van der Waals surface area contributed by atoms with Gasteiger partial charge in [-0.15, -0.1) is 0 Å². The second-order valence-electron chi connectivity index (χ2n) is 4.10. The summed E-state index contributed by atoms with van der Waals surface area (Å²) in [5.74, 6) is 0.932. The first-order valence-corrected chi connectivity index (χ1v) is 5.62. The van der Waals surface area contributed by atoms with Gasteiger partial charge in [0.15, 0.2) is 0 Å². The molecule has 1 aromatic heterocycles. The monoisotopic (exact) mass is 209 g/mol. The Hall–Kier alpha value is -1.03. The van der Waals surface area contributed by atoms with Crippen molar-refractivity contribution in [3.05, 3.63) is 11.9 Å². The van der Waals surface area contributed by atoms with Crippen molar-refractivity contribution in [3.63, 3.8) is 0 Å². The lowest BCUT2D eigenvalue weighted by Crippen LogP contribution is -2.24. The van der Waals surface area contributed by atoms with Crippen LogP contribution in [-0.2, 0) is 11.3 Å². The van der Waals surface area contributed by atoms with Crippen LogP contribution in [-0.4, -0.2) is 29.3 Å². The second-order valence-corrected chi connectivity index (χ2v) is 4.10. The lowest BCUT2D eigenvalue weighted by atomic mass is 10.1. The summed E-state index contributed by atoms with van der Waals surface area (Å²) in [6.07, 6.45) is 6.09. The van der Waals surface area contributed by atoms with Crippen molar-refractivity contribution in [1.29, 1.82) is 0 Å². The first-order chi connectivity index (χ1) is 7.29. The number of rotatable bonds is 3. The number of imidazole rings is 1. The van der Waals surface area contributed by atoms with E-state index >= 15 is 0 Å². The third-order valence-electron chi connectivity index (χ3n) is 2.79. The minimum Gasteiger partial charge on any atom is -0.376 e. The molecular formula is C11H19N3O. The van der Waals surface area contributed by atoms with Crippen LogP contribution >= 0.6 is 0 Å². The van der Waals surface area contributed by atoms with Crippen LogP contribution in [0.2, 0.25) is 0 Å². The molecule has 1 aliphatic heterocycles. The molecule has 1 aliphatic rings. The van der Waals surface area contributed by atoms with Gasteiger partial charge in [0.25, 0.3) is 0 Å². The molecule has 4 heteroatoms. The Kier molecular flexibility index (Phi) is 3.26. The molecule has 1 fully saturated rings. The standard InChI is InChI=1S/C11H19N3O/c1-9-7-14(11(12-2)13-9)8-10-5-3-4-6-15-10/h7,10H,3-6,8H2,1-2H3,(H,12,13). The maximum atomic E-state index is 5.71. The number of nitrogens with zero attached hydrogens (tertiary/aromatic N) is 2. The van der Waals surface area contributed by atoms with Crippen LogP contribution in [0.1, 0.15) is 25.0 Å². The quantitative estimate of drug-likeness (QED) is 0.825. The van der Waals surface area contributed by atoms with E-state index < -0.39 is 0 Å². The first-order valence-electron chi connectivity index (χ1n) is 5.62. The first kappa shape index (κ1) is 10.5. The van der Waals surface area contributed by atoms with Crippen LogP contribution in [0, 0.1) is 6.92 Å². The molecule has 4 nitrogen and oxygen atoms in total. The van der Waals surface area contributed by atoms with Gasteiger partial charge in [0.05, 0.1) is 18.3 Å². The van der Waals surface area contributed by atoms with Gasteiger partial charge < -0.3 is 14.6 Å². The average molecular weight is 209 g/mol. The molecule has 15 heavy (non-hydrogen) atoms. The summed E-state index contributed by atoms with van der Waals surface area (Å²) in [6, 6.07) is 0. The third-order valence-corrected chi connectivity index (χ3v) is 2.79. The van der Waals surface area contributed by atoms with Crippen LogP contribution in [0.3, 0.4) is 0 Å². The summed E-state index contributed by atoms with van der Waals surface area (Å²) >= 11 is 0. The topological polar surface area (TPSA) is 39.1 Å². The lowest BCUT2D eigenvalue weighted by Gasteiger charge is -2.23. The Balaban J connectivity index is 2.02. The number of ether oxygens (including phenoxy) is 1. The van der Waals surface area contributed by atoms with Crippen molar-refractivity contribution < 1.29 is 4.74 Å². The van der Waals surface area contributed by atoms with E-state index in [-0.39, 0.29) is 0 Å². The van der Waals surface area contributed by atoms with Gasteiger partial charge in [0, 0.05) is 19.9 Å². The normalized spacial score (nSPS) is 21.6. The Bertz CT molecular complexity index is 316. The maximum absolute atomic E-state index is 5.71. The van der Waals surface area contributed by atoms with Gasteiger partial charge in [-0.2, -0.15) is 0 Å². The molecule has 84 valence electrons. The molecule has 2 rings (SSSR count). The summed E-state index contributed by atoms with van der Waals surface area (Å²) in [5.41, 5.74) is 1.05. The zero-order chi connectivity index (χ0) is 10.7. The largest absolute Gasteiger partial charge is 0.376 e. The van der Waals surface area contributed by atoms with E-state index in [9.17, 15) is 0 Å². The minimum atomic E-state index is 0.361. The fraction of sp³-hybridized carbons (Fsp3) is 0.727. The third kappa shape index (κ3) is 2.50. The van der Waals surface area contributed by atoms with Crippen molar-refractivity contribution in [2.24, 2.45) is 0 Å². The Morgan fingerprint density at radius 2 is 2.47 bits per heavy atom. The lowest BCUT2D eigenvalue weighted by molar-refractivity contribution is 0.00630. The van der Waals surface area contributed by atoms with Crippen molar-refractivity contribution >= 4 is 5.95 Å². The van der Waals surface area contributed by atoms with Gasteiger partial charge in [-0.05, 0) is 26.2 Å². The van der Waals surface area contributed by atoms with E-state index in [2.05, 4.69) is 21.1 Å². The second kappa shape index (κ2) is 4.66. The summed E-state index contributed by atoms with van der Waals surface area (Å²) in [6.45, 7) is 3.84. The van der Waals surface area contributed by atoms with Crippen LogP contribution in [0.25, 0.3) is 0 Å². The van der Waals surface area contributed by atoms with Crippen molar-refractivity contribution in [1.82, 2.24) is 9.55 Å². The predicted molar refractivity (Wildman–Crippen MR) is 60.1 cm³/mol. The van der Waals surface area contributed by atoms with E-state index in [1.807, 2.05) is 14.0 Å². The molecule has 1 unspecified atom stereocenters. The Labute approximate surface area is 90.6 Å². The minimum absolute atomic E-state index is 0.361. The van der Waals surface area contributed by atoms with Gasteiger partial charge in [-0.25, -0.2) is 4.98 Å². The molecular weight excluding hydrogens is 190 g/mol. The highest BCUT2D eigenvalue weighted by Gasteiger charge is 2.15. The molecule has 0 aliphatic carbocycles. The van der Waals surface area contributed by atoms with E-state index in [0.29, 0.717) is 6.10 Å². The van der Waals surface area contributed by atoms with Crippen LogP contribution in [0.5, 0.6) is 0 Å². The van der Waals surface area contributed by atoms with E-state index in [1.54, 1.807) is 0 Å². The molecule has 1 saturated heterocycles.